The zero-order valence-corrected chi connectivity index (χ0v) is 7.18. The van der Waals surface area contributed by atoms with Crippen molar-refractivity contribution in [2.45, 2.75) is 6.04 Å². The normalized spacial score (nSPS) is 12.6. The third-order valence-electron chi connectivity index (χ3n) is 1.57. The van der Waals surface area contributed by atoms with E-state index in [9.17, 15) is 4.39 Å². The number of rotatable bonds is 2. The maximum absolute atomic E-state index is 13.0. The first-order chi connectivity index (χ1) is 5.65. The van der Waals surface area contributed by atoms with Crippen LogP contribution in [0.1, 0.15) is 11.6 Å². The second-order valence-corrected chi connectivity index (χ2v) is 2.86. The van der Waals surface area contributed by atoms with Crippen molar-refractivity contribution in [3.8, 4) is 0 Å². The molecule has 12 heavy (non-hydrogen) atoms. The van der Waals surface area contributed by atoms with Crippen molar-refractivity contribution in [2.24, 2.45) is 5.73 Å². The molecule has 1 atom stereocenters. The first kappa shape index (κ1) is 9.23. The van der Waals surface area contributed by atoms with Crippen molar-refractivity contribution in [3.05, 3.63) is 47.3 Å². The van der Waals surface area contributed by atoms with Gasteiger partial charge in [-0.1, -0.05) is 17.7 Å². The Morgan fingerprint density at radius 2 is 2.25 bits per heavy atom. The first-order valence-corrected chi connectivity index (χ1v) is 3.86. The van der Waals surface area contributed by atoms with Gasteiger partial charge in [-0.25, -0.2) is 4.39 Å². The van der Waals surface area contributed by atoms with E-state index in [4.69, 9.17) is 17.3 Å². The van der Waals surface area contributed by atoms with Crippen LogP contribution >= 0.6 is 11.6 Å². The van der Waals surface area contributed by atoms with Crippen molar-refractivity contribution in [1.82, 2.24) is 0 Å². The molecule has 0 aromatic heterocycles. The van der Waals surface area contributed by atoms with Gasteiger partial charge in [-0.3, -0.25) is 0 Å². The maximum atomic E-state index is 13.0. The van der Waals surface area contributed by atoms with Gasteiger partial charge in [0.2, 0.25) is 0 Å². The van der Waals surface area contributed by atoms with Gasteiger partial charge in [0, 0.05) is 10.6 Å². The minimum absolute atomic E-state index is 0.355. The van der Waals surface area contributed by atoms with Gasteiger partial charge in [-0.05, 0) is 18.2 Å². The lowest BCUT2D eigenvalue weighted by Gasteiger charge is -2.07. The molecular weight excluding hydrogens is 177 g/mol. The van der Waals surface area contributed by atoms with E-state index >= 15 is 0 Å². The summed E-state index contributed by atoms with van der Waals surface area (Å²) < 4.78 is 13.0. The van der Waals surface area contributed by atoms with Crippen LogP contribution in [-0.2, 0) is 0 Å². The van der Waals surface area contributed by atoms with Crippen LogP contribution in [-0.4, -0.2) is 0 Å². The Hall–Kier alpha value is -0.860. The molecule has 1 rings (SSSR count). The second kappa shape index (κ2) is 3.70. The van der Waals surface area contributed by atoms with Gasteiger partial charge in [0.05, 0.1) is 6.04 Å². The summed E-state index contributed by atoms with van der Waals surface area (Å²) in [6.45, 7) is 3.47. The van der Waals surface area contributed by atoms with Crippen molar-refractivity contribution in [2.75, 3.05) is 0 Å². The largest absolute Gasteiger partial charge is 0.321 e. The molecule has 0 radical (unpaired) electrons. The molecule has 3 heteroatoms. The average molecular weight is 186 g/mol. The van der Waals surface area contributed by atoms with Gasteiger partial charge in [0.1, 0.15) is 5.82 Å². The molecule has 0 saturated carbocycles. The lowest BCUT2D eigenvalue weighted by atomic mass is 10.1. The highest BCUT2D eigenvalue weighted by Gasteiger charge is 2.07. The summed E-state index contributed by atoms with van der Waals surface area (Å²) >= 11 is 5.66. The van der Waals surface area contributed by atoms with E-state index in [1.165, 1.54) is 24.3 Å². The van der Waals surface area contributed by atoms with E-state index < -0.39 is 6.04 Å². The van der Waals surface area contributed by atoms with E-state index in [0.29, 0.717) is 10.6 Å². The topological polar surface area (TPSA) is 26.0 Å². The molecule has 64 valence electrons. The quantitative estimate of drug-likeness (QED) is 0.705. The summed E-state index contributed by atoms with van der Waals surface area (Å²) in [4.78, 5) is 0. The van der Waals surface area contributed by atoms with Gasteiger partial charge >= 0.3 is 0 Å². The summed E-state index contributed by atoms with van der Waals surface area (Å²) in [7, 11) is 0. The second-order valence-electron chi connectivity index (χ2n) is 2.43. The SMILES string of the molecule is C=C[C@H](N)c1cc(Cl)ccc1F. The van der Waals surface area contributed by atoms with E-state index in [0.717, 1.165) is 0 Å². The molecule has 1 aromatic carbocycles. The third-order valence-corrected chi connectivity index (χ3v) is 1.81. The molecule has 0 unspecified atom stereocenters. The molecule has 0 fully saturated rings. The Bertz CT molecular complexity index is 299. The van der Waals surface area contributed by atoms with Gasteiger partial charge in [0.15, 0.2) is 0 Å². The zero-order valence-electron chi connectivity index (χ0n) is 6.43. The molecule has 0 saturated heterocycles. The van der Waals surface area contributed by atoms with E-state index in [1.807, 2.05) is 0 Å². The van der Waals surface area contributed by atoms with Crippen LogP contribution < -0.4 is 5.73 Å². The van der Waals surface area contributed by atoms with Gasteiger partial charge < -0.3 is 5.73 Å². The highest BCUT2D eigenvalue weighted by atomic mass is 35.5. The van der Waals surface area contributed by atoms with Crippen LogP contribution in [0.4, 0.5) is 4.39 Å². The molecule has 1 nitrogen and oxygen atoms in total. The smallest absolute Gasteiger partial charge is 0.128 e. The number of hydrogen-bond acceptors (Lipinski definition) is 1. The van der Waals surface area contributed by atoms with Crippen LogP contribution in [0, 0.1) is 5.82 Å². The van der Waals surface area contributed by atoms with Gasteiger partial charge in [-0.15, -0.1) is 6.58 Å². The number of hydrogen-bond donors (Lipinski definition) is 1. The van der Waals surface area contributed by atoms with Gasteiger partial charge in [-0.2, -0.15) is 0 Å². The summed E-state index contributed by atoms with van der Waals surface area (Å²) in [6, 6.07) is 3.78. The van der Waals surface area contributed by atoms with Crippen LogP contribution in [0.3, 0.4) is 0 Å². The summed E-state index contributed by atoms with van der Waals surface area (Å²) in [5.41, 5.74) is 5.92. The highest BCUT2D eigenvalue weighted by Crippen LogP contribution is 2.20. The average Bonchev–Trinajstić information content (AvgIpc) is 2.08. The zero-order chi connectivity index (χ0) is 9.14. The van der Waals surface area contributed by atoms with E-state index in [1.54, 1.807) is 0 Å². The molecule has 0 spiro atoms. The fourth-order valence-electron chi connectivity index (χ4n) is 0.897. The molecule has 0 bridgehead atoms. The summed E-state index contributed by atoms with van der Waals surface area (Å²) in [5, 5.41) is 0.476. The third kappa shape index (κ3) is 1.84. The van der Waals surface area contributed by atoms with Crippen LogP contribution in [0.25, 0.3) is 0 Å². The number of halogens is 2. The minimum atomic E-state index is -0.497. The Morgan fingerprint density at radius 3 is 2.83 bits per heavy atom. The molecule has 1 aromatic rings. The predicted molar refractivity (Wildman–Crippen MR) is 48.5 cm³/mol. The van der Waals surface area contributed by atoms with E-state index in [2.05, 4.69) is 6.58 Å². The monoisotopic (exact) mass is 185 g/mol. The van der Waals surface area contributed by atoms with Crippen LogP contribution in [0.2, 0.25) is 5.02 Å². The maximum Gasteiger partial charge on any atom is 0.128 e. The molecule has 0 aliphatic heterocycles. The Balaban J connectivity index is 3.12. The van der Waals surface area contributed by atoms with Crippen molar-refractivity contribution in [3.63, 3.8) is 0 Å². The van der Waals surface area contributed by atoms with Crippen LogP contribution in [0.15, 0.2) is 30.9 Å². The fraction of sp³-hybridized carbons (Fsp3) is 0.111. The molecule has 0 aliphatic rings. The lowest BCUT2D eigenvalue weighted by Crippen LogP contribution is -2.08. The summed E-state index contributed by atoms with van der Waals surface area (Å²) in [6.07, 6.45) is 1.47. The lowest BCUT2D eigenvalue weighted by molar-refractivity contribution is 0.602. The number of nitrogens with two attached hydrogens (primary N) is 1. The van der Waals surface area contributed by atoms with Crippen LogP contribution in [0.5, 0.6) is 0 Å². The molecule has 0 amide bonds. The minimum Gasteiger partial charge on any atom is -0.321 e. The Morgan fingerprint density at radius 1 is 1.58 bits per heavy atom. The molecule has 0 aliphatic carbocycles. The molecular formula is C9H9ClFN. The van der Waals surface area contributed by atoms with Crippen molar-refractivity contribution < 1.29 is 4.39 Å². The Kier molecular flexibility index (Phi) is 2.84. The highest BCUT2D eigenvalue weighted by molar-refractivity contribution is 6.30. The molecule has 2 N–H and O–H groups in total. The first-order valence-electron chi connectivity index (χ1n) is 3.48. The fourth-order valence-corrected chi connectivity index (χ4v) is 1.08. The van der Waals surface area contributed by atoms with E-state index in [-0.39, 0.29) is 5.82 Å². The summed E-state index contributed by atoms with van der Waals surface area (Å²) in [5.74, 6) is -0.355. The van der Waals surface area contributed by atoms with Crippen molar-refractivity contribution >= 4 is 11.6 Å². The Labute approximate surface area is 75.6 Å². The van der Waals surface area contributed by atoms with Crippen molar-refractivity contribution in [1.29, 1.82) is 0 Å². The van der Waals surface area contributed by atoms with Gasteiger partial charge in [0.25, 0.3) is 0 Å². The molecule has 0 heterocycles. The standard InChI is InChI=1S/C9H9ClFN/c1-2-9(12)7-5-6(10)3-4-8(7)11/h2-5,9H,1,12H2/t9-/m0/s1. The predicted octanol–water partition coefficient (Wildman–Crippen LogP) is 2.66. The number of benzene rings is 1.